The fraction of sp³-hybridized carbons (Fsp3) is 0.500. The fourth-order valence-corrected chi connectivity index (χ4v) is 2.29. The van der Waals surface area contributed by atoms with Crippen molar-refractivity contribution in [2.45, 2.75) is 32.1 Å². The first-order valence-electron chi connectivity index (χ1n) is 5.83. The first-order chi connectivity index (χ1) is 7.66. The van der Waals surface area contributed by atoms with Crippen LogP contribution in [0.1, 0.15) is 31.4 Å². The van der Waals surface area contributed by atoms with Crippen LogP contribution in [-0.2, 0) is 21.4 Å². The third-order valence-electron chi connectivity index (χ3n) is 3.32. The van der Waals surface area contributed by atoms with Gasteiger partial charge in [0.1, 0.15) is 5.78 Å². The maximum absolute atomic E-state index is 11.3. The van der Waals surface area contributed by atoms with Crippen molar-refractivity contribution in [2.24, 2.45) is 0 Å². The largest absolute Gasteiger partial charge is 0.379 e. The Morgan fingerprint density at radius 2 is 1.94 bits per heavy atom. The zero-order valence-electron chi connectivity index (χ0n) is 9.95. The fourth-order valence-electron chi connectivity index (χ4n) is 2.29. The molecule has 1 aromatic rings. The van der Waals surface area contributed by atoms with Crippen LogP contribution in [0.25, 0.3) is 0 Å². The molecule has 2 nitrogen and oxygen atoms in total. The molecule has 0 unspecified atom stereocenters. The summed E-state index contributed by atoms with van der Waals surface area (Å²) in [7, 11) is 0. The van der Waals surface area contributed by atoms with E-state index in [2.05, 4.69) is 31.2 Å². The van der Waals surface area contributed by atoms with E-state index in [9.17, 15) is 4.79 Å². The summed E-state index contributed by atoms with van der Waals surface area (Å²) in [4.78, 5) is 11.3. The smallest absolute Gasteiger partial charge is 0.130 e. The number of carbonyl (C=O) groups excluding carboxylic acids is 1. The highest BCUT2D eigenvalue weighted by Gasteiger charge is 2.41. The molecule has 86 valence electrons. The van der Waals surface area contributed by atoms with Crippen LogP contribution in [0.4, 0.5) is 0 Å². The number of carbonyl (C=O) groups is 1. The average Bonchev–Trinajstić information content (AvgIpc) is 2.23. The van der Waals surface area contributed by atoms with E-state index in [4.69, 9.17) is 4.74 Å². The number of hydrogen-bond donors (Lipinski definition) is 0. The van der Waals surface area contributed by atoms with E-state index in [0.717, 1.165) is 6.42 Å². The van der Waals surface area contributed by atoms with Crippen LogP contribution < -0.4 is 0 Å². The first kappa shape index (κ1) is 11.3. The van der Waals surface area contributed by atoms with E-state index >= 15 is 0 Å². The maximum atomic E-state index is 11.3. The molecule has 16 heavy (non-hydrogen) atoms. The van der Waals surface area contributed by atoms with Gasteiger partial charge in [-0.15, -0.1) is 0 Å². The molecule has 1 saturated heterocycles. The van der Waals surface area contributed by atoms with Gasteiger partial charge in [0, 0.05) is 11.8 Å². The lowest BCUT2D eigenvalue weighted by Gasteiger charge is -2.41. The van der Waals surface area contributed by atoms with Gasteiger partial charge in [-0.1, -0.05) is 31.2 Å². The number of benzene rings is 1. The first-order valence-corrected chi connectivity index (χ1v) is 5.83. The van der Waals surface area contributed by atoms with Gasteiger partial charge in [0.15, 0.2) is 0 Å². The van der Waals surface area contributed by atoms with Crippen LogP contribution in [0.3, 0.4) is 0 Å². The molecule has 0 saturated carbocycles. The normalized spacial score (nSPS) is 17.9. The molecule has 0 N–H and O–H groups in total. The Bertz CT molecular complexity index is 374. The van der Waals surface area contributed by atoms with Crippen LogP contribution >= 0.6 is 0 Å². The van der Waals surface area contributed by atoms with Crippen molar-refractivity contribution >= 4 is 5.78 Å². The summed E-state index contributed by atoms with van der Waals surface area (Å²) in [5.74, 6) is 0.239. The summed E-state index contributed by atoms with van der Waals surface area (Å²) in [6.07, 6.45) is 1.65. The summed E-state index contributed by atoms with van der Waals surface area (Å²) in [6, 6.07) is 8.58. The van der Waals surface area contributed by atoms with Crippen molar-refractivity contribution in [1.82, 2.24) is 0 Å². The summed E-state index contributed by atoms with van der Waals surface area (Å²) in [5.41, 5.74) is 2.53. The van der Waals surface area contributed by atoms with Crippen molar-refractivity contribution in [2.75, 3.05) is 13.2 Å². The van der Waals surface area contributed by atoms with E-state index in [1.807, 2.05) is 0 Å². The maximum Gasteiger partial charge on any atom is 0.130 e. The minimum absolute atomic E-state index is 0.0435. The van der Waals surface area contributed by atoms with E-state index in [0.29, 0.717) is 19.6 Å². The van der Waals surface area contributed by atoms with Gasteiger partial charge in [-0.2, -0.15) is 0 Å². The molecule has 0 aliphatic carbocycles. The second-order valence-electron chi connectivity index (χ2n) is 4.70. The highest BCUT2D eigenvalue weighted by Crippen LogP contribution is 2.36. The van der Waals surface area contributed by atoms with E-state index in [-0.39, 0.29) is 11.2 Å². The van der Waals surface area contributed by atoms with Crippen LogP contribution in [0.5, 0.6) is 0 Å². The molecule has 0 aromatic heterocycles. The third kappa shape index (κ3) is 2.03. The Hall–Kier alpha value is -1.15. The highest BCUT2D eigenvalue weighted by molar-refractivity contribution is 5.77. The van der Waals surface area contributed by atoms with Crippen molar-refractivity contribution in [3.05, 3.63) is 35.4 Å². The Kier molecular flexibility index (Phi) is 3.10. The molecule has 0 atom stereocenters. The molecule has 0 spiro atoms. The predicted octanol–water partition coefficient (Wildman–Crippen LogP) is 2.50. The topological polar surface area (TPSA) is 26.3 Å². The van der Waals surface area contributed by atoms with Crippen molar-refractivity contribution < 1.29 is 9.53 Å². The standard InChI is InChI=1S/C14H18O2/c1-3-12-4-6-13(7-5-12)14(8-11(2)15)9-16-10-14/h4-7H,3,8-10H2,1-2H3. The highest BCUT2D eigenvalue weighted by atomic mass is 16.5. The minimum Gasteiger partial charge on any atom is -0.379 e. The lowest BCUT2D eigenvalue weighted by molar-refractivity contribution is -0.125. The molecular weight excluding hydrogens is 200 g/mol. The van der Waals surface area contributed by atoms with Crippen molar-refractivity contribution in [3.8, 4) is 0 Å². The second kappa shape index (κ2) is 4.38. The van der Waals surface area contributed by atoms with Gasteiger partial charge >= 0.3 is 0 Å². The Labute approximate surface area is 96.6 Å². The van der Waals surface area contributed by atoms with Crippen LogP contribution in [0.2, 0.25) is 0 Å². The molecule has 0 bridgehead atoms. The SMILES string of the molecule is CCc1ccc(C2(CC(C)=O)COC2)cc1. The van der Waals surface area contributed by atoms with Gasteiger partial charge in [-0.05, 0) is 24.5 Å². The minimum atomic E-state index is -0.0435. The van der Waals surface area contributed by atoms with E-state index < -0.39 is 0 Å². The molecule has 0 amide bonds. The van der Waals surface area contributed by atoms with Gasteiger partial charge < -0.3 is 4.74 Å². The quantitative estimate of drug-likeness (QED) is 0.776. The van der Waals surface area contributed by atoms with Gasteiger partial charge in [0.05, 0.1) is 13.2 Å². The lowest BCUT2D eigenvalue weighted by Crippen LogP contribution is -2.47. The third-order valence-corrected chi connectivity index (χ3v) is 3.32. The van der Waals surface area contributed by atoms with Crippen LogP contribution in [-0.4, -0.2) is 19.0 Å². The Morgan fingerprint density at radius 1 is 1.31 bits per heavy atom. The molecule has 1 aliphatic heterocycles. The van der Waals surface area contributed by atoms with E-state index in [1.165, 1.54) is 11.1 Å². The number of ether oxygens (including phenoxy) is 1. The molecule has 1 heterocycles. The molecule has 1 aromatic carbocycles. The number of rotatable bonds is 4. The second-order valence-corrected chi connectivity index (χ2v) is 4.70. The van der Waals surface area contributed by atoms with E-state index in [1.54, 1.807) is 6.92 Å². The predicted molar refractivity (Wildman–Crippen MR) is 63.6 cm³/mol. The molecule has 1 aliphatic rings. The zero-order chi connectivity index (χ0) is 11.6. The Balaban J connectivity index is 2.22. The van der Waals surface area contributed by atoms with Crippen LogP contribution in [0.15, 0.2) is 24.3 Å². The number of ketones is 1. The molecule has 2 rings (SSSR count). The monoisotopic (exact) mass is 218 g/mol. The van der Waals surface area contributed by atoms with Gasteiger partial charge in [-0.25, -0.2) is 0 Å². The number of aryl methyl sites for hydroxylation is 1. The van der Waals surface area contributed by atoms with Crippen molar-refractivity contribution in [1.29, 1.82) is 0 Å². The van der Waals surface area contributed by atoms with Crippen molar-refractivity contribution in [3.63, 3.8) is 0 Å². The molecule has 0 radical (unpaired) electrons. The number of Topliss-reactive ketones (excluding diaryl/α,β-unsaturated/α-hetero) is 1. The molecule has 1 fully saturated rings. The summed E-state index contributed by atoms with van der Waals surface area (Å²) in [6.45, 7) is 5.16. The van der Waals surface area contributed by atoms with Gasteiger partial charge in [0.2, 0.25) is 0 Å². The zero-order valence-corrected chi connectivity index (χ0v) is 9.95. The van der Waals surface area contributed by atoms with Gasteiger partial charge in [-0.3, -0.25) is 4.79 Å². The average molecular weight is 218 g/mol. The molecular formula is C14H18O2. The lowest BCUT2D eigenvalue weighted by atomic mass is 9.74. The Morgan fingerprint density at radius 3 is 2.31 bits per heavy atom. The summed E-state index contributed by atoms with van der Waals surface area (Å²) >= 11 is 0. The summed E-state index contributed by atoms with van der Waals surface area (Å²) < 4.78 is 5.30. The summed E-state index contributed by atoms with van der Waals surface area (Å²) in [5, 5.41) is 0. The van der Waals surface area contributed by atoms with Gasteiger partial charge in [0.25, 0.3) is 0 Å². The number of hydrogen-bond acceptors (Lipinski definition) is 2. The molecule has 2 heteroatoms. The van der Waals surface area contributed by atoms with Crippen LogP contribution in [0, 0.1) is 0 Å².